The van der Waals surface area contributed by atoms with Crippen LogP contribution in [0.15, 0.2) is 134 Å². The third-order valence-electron chi connectivity index (χ3n) is 16.7. The number of benzene rings is 6. The first kappa shape index (κ1) is 58.8. The Morgan fingerprint density at radius 2 is 0.901 bits per heavy atom. The third-order valence-corrected chi connectivity index (χ3v) is 16.7. The van der Waals surface area contributed by atoms with Crippen molar-refractivity contribution in [2.24, 2.45) is 0 Å². The Morgan fingerprint density at radius 1 is 0.473 bits per heavy atom. The second kappa shape index (κ2) is 24.7. The van der Waals surface area contributed by atoms with Crippen LogP contribution in [0.25, 0.3) is 50.3 Å². The van der Waals surface area contributed by atoms with Gasteiger partial charge in [-0.15, -0.1) is 0 Å². The lowest BCUT2D eigenvalue weighted by atomic mass is 9.98. The molecule has 6 aromatic heterocycles. The number of aromatic nitrogens is 9. The minimum Gasteiger partial charge on any atom is -0.493 e. The highest BCUT2D eigenvalue weighted by molar-refractivity contribution is 5.83. The van der Waals surface area contributed by atoms with Gasteiger partial charge in [0.15, 0.2) is 0 Å². The van der Waals surface area contributed by atoms with E-state index in [-0.39, 0.29) is 17.5 Å². The van der Waals surface area contributed by atoms with Gasteiger partial charge in [0.1, 0.15) is 51.6 Å². The lowest BCUT2D eigenvalue weighted by Gasteiger charge is -2.14. The molecule has 6 aromatic carbocycles. The van der Waals surface area contributed by atoms with Crippen LogP contribution in [0.5, 0.6) is 17.2 Å². The van der Waals surface area contributed by atoms with Gasteiger partial charge < -0.3 is 30.2 Å². The van der Waals surface area contributed by atoms with E-state index in [2.05, 4.69) is 84.2 Å². The third kappa shape index (κ3) is 11.5. The first-order valence-electron chi connectivity index (χ1n) is 29.8. The molecule has 17 nitrogen and oxygen atoms in total. The highest BCUT2D eigenvalue weighted by Crippen LogP contribution is 2.37. The van der Waals surface area contributed by atoms with Crippen molar-refractivity contribution in [2.45, 2.75) is 80.4 Å². The summed E-state index contributed by atoms with van der Waals surface area (Å²) in [5, 5.41) is 28.5. The number of anilines is 3. The lowest BCUT2D eigenvalue weighted by molar-refractivity contribution is 0.356. The van der Waals surface area contributed by atoms with Crippen molar-refractivity contribution in [2.75, 3.05) is 35.8 Å². The monoisotopic (exact) mass is 1210 g/mol. The Hall–Kier alpha value is -11.3. The predicted octanol–water partition coefficient (Wildman–Crippen LogP) is 13.8. The van der Waals surface area contributed by atoms with Crippen LogP contribution >= 0.6 is 0 Å². The fourth-order valence-electron chi connectivity index (χ4n) is 12.0. The zero-order chi connectivity index (χ0) is 63.0. The van der Waals surface area contributed by atoms with Gasteiger partial charge in [0.2, 0.25) is 17.8 Å². The Bertz CT molecular complexity index is 4780. The Morgan fingerprint density at radius 3 is 1.34 bits per heavy atom. The molecular formula is C71H61F3N14O3. The van der Waals surface area contributed by atoms with Crippen LogP contribution in [0, 0.1) is 81.7 Å². The molecule has 0 saturated carbocycles. The van der Waals surface area contributed by atoms with Crippen LogP contribution in [0.1, 0.15) is 78.3 Å². The van der Waals surface area contributed by atoms with E-state index < -0.39 is 0 Å². The molecule has 0 amide bonds. The normalized spacial score (nSPS) is 12.6. The fraction of sp³-hybridized carbons (Fsp3) is 0.211. The van der Waals surface area contributed by atoms with Crippen LogP contribution in [0.4, 0.5) is 31.0 Å². The number of hydrogen-bond donors (Lipinski definition) is 3. The predicted molar refractivity (Wildman–Crippen MR) is 342 cm³/mol. The molecule has 91 heavy (non-hydrogen) atoms. The number of hydrogen-bond acceptors (Lipinski definition) is 14. The summed E-state index contributed by atoms with van der Waals surface area (Å²) >= 11 is 0. The van der Waals surface area contributed by atoms with Crippen molar-refractivity contribution < 1.29 is 27.4 Å². The molecule has 0 radical (unpaired) electrons. The van der Waals surface area contributed by atoms with Crippen molar-refractivity contribution in [1.82, 2.24) is 43.1 Å². The summed E-state index contributed by atoms with van der Waals surface area (Å²) in [6.07, 6.45) is 13.2. The Labute approximate surface area is 522 Å². The van der Waals surface area contributed by atoms with Gasteiger partial charge in [-0.1, -0.05) is 48.0 Å². The summed E-state index contributed by atoms with van der Waals surface area (Å²) in [7, 11) is 0. The number of rotatable bonds is 12. The van der Waals surface area contributed by atoms with Gasteiger partial charge >= 0.3 is 0 Å². The summed E-state index contributed by atoms with van der Waals surface area (Å²) in [5.74, 6) is 3.31. The molecule has 3 aliphatic rings. The molecule has 0 bridgehead atoms. The summed E-state index contributed by atoms with van der Waals surface area (Å²) in [5.41, 5.74) is 19.3. The van der Waals surface area contributed by atoms with Crippen LogP contribution in [0.2, 0.25) is 0 Å². The molecule has 3 aliphatic heterocycles. The second-order valence-corrected chi connectivity index (χ2v) is 22.7. The highest BCUT2D eigenvalue weighted by Gasteiger charge is 2.25. The first-order valence-corrected chi connectivity index (χ1v) is 29.8. The Balaban J connectivity index is 0.000000125. The number of nitrogens with zero attached hydrogens (tertiary/aromatic N) is 11. The van der Waals surface area contributed by atoms with E-state index in [9.17, 15) is 23.7 Å². The molecule has 3 N–H and O–H groups in total. The molecule has 0 saturated heterocycles. The van der Waals surface area contributed by atoms with Crippen molar-refractivity contribution in [1.29, 1.82) is 10.5 Å². The van der Waals surface area contributed by atoms with Gasteiger partial charge in [0, 0.05) is 126 Å². The van der Waals surface area contributed by atoms with Crippen LogP contribution < -0.4 is 30.2 Å². The molecule has 0 fully saturated rings. The van der Waals surface area contributed by atoms with Gasteiger partial charge in [0.25, 0.3) is 0 Å². The maximum absolute atomic E-state index is 14.5. The van der Waals surface area contributed by atoms with Crippen molar-refractivity contribution in [3.05, 3.63) is 230 Å². The number of aryl methyl sites for hydroxylation is 5. The van der Waals surface area contributed by atoms with Crippen molar-refractivity contribution >= 4 is 34.8 Å². The maximum atomic E-state index is 14.5. The Kier molecular flexibility index (Phi) is 16.0. The SMILES string of the molecule is Cc1ccc(-c2cnc(NCc3c(F)ccc4c3CCO4)n3cc(C)nc23)cc1.Cc1cn2c(NCc3c(F)ccc4c3CCO4)ncc(-c3cc(C#N)ccc3C)c2n1.Cc1cn2c(NCc3c(F)ccc4c3CCO4)ncc(-c3cccc(C#N)c3C)c2n1. The van der Waals surface area contributed by atoms with Gasteiger partial charge in [-0.05, 0) is 124 Å². The zero-order valence-corrected chi connectivity index (χ0v) is 50.8. The summed E-state index contributed by atoms with van der Waals surface area (Å²) in [6, 6.07) is 33.3. The molecule has 454 valence electrons. The van der Waals surface area contributed by atoms with Crippen LogP contribution in [0.3, 0.4) is 0 Å². The average molecular weight is 1220 g/mol. The van der Waals surface area contributed by atoms with Gasteiger partial charge in [-0.3, -0.25) is 13.2 Å². The second-order valence-electron chi connectivity index (χ2n) is 22.7. The molecule has 0 spiro atoms. The summed E-state index contributed by atoms with van der Waals surface area (Å²) < 4.78 is 65.8. The summed E-state index contributed by atoms with van der Waals surface area (Å²) in [4.78, 5) is 27.9. The van der Waals surface area contributed by atoms with Crippen molar-refractivity contribution in [3.8, 4) is 62.8 Å². The van der Waals surface area contributed by atoms with Crippen LogP contribution in [-0.4, -0.2) is 62.9 Å². The highest BCUT2D eigenvalue weighted by atomic mass is 19.1. The van der Waals surface area contributed by atoms with Crippen LogP contribution in [-0.2, 0) is 38.9 Å². The number of imidazole rings is 3. The van der Waals surface area contributed by atoms with Gasteiger partial charge in [-0.25, -0.2) is 43.1 Å². The maximum Gasteiger partial charge on any atom is 0.208 e. The lowest BCUT2D eigenvalue weighted by Crippen LogP contribution is -2.10. The largest absolute Gasteiger partial charge is 0.493 e. The number of nitrogens with one attached hydrogen (secondary N) is 3. The fourth-order valence-corrected chi connectivity index (χ4v) is 12.0. The number of fused-ring (bicyclic) bond motifs is 6. The number of nitriles is 2. The molecular weight excluding hydrogens is 1150 g/mol. The topological polar surface area (TPSA) is 202 Å². The summed E-state index contributed by atoms with van der Waals surface area (Å²) in [6.45, 7) is 14.4. The molecule has 0 aliphatic carbocycles. The van der Waals surface area contributed by atoms with E-state index in [4.69, 9.17) is 19.2 Å². The molecule has 15 rings (SSSR count). The minimum absolute atomic E-state index is 0.226. The average Bonchev–Trinajstić information content (AvgIpc) is 1.81. The van der Waals surface area contributed by atoms with Gasteiger partial charge in [0.05, 0.1) is 60.2 Å². The van der Waals surface area contributed by atoms with E-state index in [1.165, 1.54) is 23.8 Å². The standard InChI is InChI=1S/2C24H20FN5O.C23H21FN4O/c1-14-3-4-16(10-26)9-18(14)20-12-28-24(30-13-15(2)29-23(20)30)27-11-19-17-7-8-31-22(17)6-5-21(19)25;1-14-13-30-23(29-14)20(17-5-3-4-16(10-26)15(17)2)12-28-24(30)27-11-19-18-8-9-31-22(18)7-6-21(19)25;1-14-3-5-16(6-4-14)18-11-25-23(28-13-15(2)27-22(18)28)26-12-19-17-9-10-29-21(17)8-7-20(19)24/h3-6,9,12-13H,7-8,11H2,1-2H3,(H,27,28);3-7,12-13H,8-9,11H2,1-2H3,(H,27,28);3-8,11,13H,9-10,12H2,1-2H3,(H,25,26). The zero-order valence-electron chi connectivity index (χ0n) is 50.8. The number of halogens is 3. The van der Waals surface area contributed by atoms with E-state index in [1.807, 2.05) is 96.9 Å². The first-order chi connectivity index (χ1) is 44.2. The molecule has 0 unspecified atom stereocenters. The smallest absolute Gasteiger partial charge is 0.208 e. The van der Waals surface area contributed by atoms with E-state index in [1.54, 1.807) is 42.7 Å². The van der Waals surface area contributed by atoms with E-state index in [0.717, 1.165) is 119 Å². The minimum atomic E-state index is -0.254. The number of ether oxygens (including phenoxy) is 3. The van der Waals surface area contributed by atoms with E-state index >= 15 is 0 Å². The molecule has 12 aromatic rings. The van der Waals surface area contributed by atoms with E-state index in [0.29, 0.717) is 98.0 Å². The molecule has 20 heteroatoms. The molecule has 9 heterocycles. The molecule has 0 atom stereocenters. The quantitative estimate of drug-likeness (QED) is 0.104. The van der Waals surface area contributed by atoms with Crippen molar-refractivity contribution in [3.63, 3.8) is 0 Å². The van der Waals surface area contributed by atoms with Gasteiger partial charge in [-0.2, -0.15) is 10.5 Å².